The van der Waals surface area contributed by atoms with Crippen LogP contribution in [0.3, 0.4) is 0 Å². The second-order valence-electron chi connectivity index (χ2n) is 6.04. The first-order valence-corrected chi connectivity index (χ1v) is 7.60. The lowest BCUT2D eigenvalue weighted by molar-refractivity contribution is 0.0672. The first-order valence-electron chi connectivity index (χ1n) is 7.60. The van der Waals surface area contributed by atoms with Crippen molar-refractivity contribution in [3.63, 3.8) is 0 Å². The molecular weight excluding hydrogens is 268 g/mol. The van der Waals surface area contributed by atoms with Crippen molar-refractivity contribution < 1.29 is 9.90 Å². The molecule has 118 valence electrons. The monoisotopic (exact) mass is 294 g/mol. The van der Waals surface area contributed by atoms with Crippen LogP contribution in [0.1, 0.15) is 35.8 Å². The highest BCUT2D eigenvalue weighted by molar-refractivity contribution is 5.95. The van der Waals surface area contributed by atoms with Gasteiger partial charge in [0.25, 0.3) is 5.91 Å². The number of aromatic nitrogens is 2. The molecule has 0 saturated carbocycles. The number of aryl methyl sites for hydroxylation is 2. The highest BCUT2D eigenvalue weighted by atomic mass is 16.3. The molecule has 21 heavy (non-hydrogen) atoms. The Bertz CT molecular complexity index is 498. The molecule has 1 saturated heterocycles. The molecule has 1 fully saturated rings. The molecule has 0 aliphatic carbocycles. The van der Waals surface area contributed by atoms with E-state index in [2.05, 4.69) is 16.9 Å². The fraction of sp³-hybridized carbons (Fsp3) is 0.733. The summed E-state index contributed by atoms with van der Waals surface area (Å²) in [5.74, 6) is -0.0155. The Hall–Kier alpha value is -1.40. The van der Waals surface area contributed by atoms with Crippen LogP contribution >= 0.6 is 0 Å². The summed E-state index contributed by atoms with van der Waals surface area (Å²) in [5.41, 5.74) is 1.42. The van der Waals surface area contributed by atoms with Crippen molar-refractivity contribution in [3.05, 3.63) is 17.5 Å². The van der Waals surface area contributed by atoms with Crippen LogP contribution in [0, 0.1) is 6.92 Å². The summed E-state index contributed by atoms with van der Waals surface area (Å²) < 4.78 is 1.83. The number of hydrogen-bond acceptors (Lipinski definition) is 4. The number of carbonyl (C=O) groups is 1. The van der Waals surface area contributed by atoms with Crippen molar-refractivity contribution in [2.75, 3.05) is 27.2 Å². The van der Waals surface area contributed by atoms with Crippen molar-refractivity contribution in [1.29, 1.82) is 0 Å². The molecule has 0 radical (unpaired) electrons. The van der Waals surface area contributed by atoms with Crippen LogP contribution in [-0.2, 0) is 6.54 Å². The van der Waals surface area contributed by atoms with Crippen LogP contribution in [0.15, 0.2) is 6.20 Å². The largest absolute Gasteiger partial charge is 0.394 e. The number of hydrogen-bond donors (Lipinski definition) is 1. The zero-order chi connectivity index (χ0) is 15.6. The normalized spacial score (nSPS) is 22.3. The first-order chi connectivity index (χ1) is 9.97. The average molecular weight is 294 g/mol. The Balaban J connectivity index is 2.18. The smallest absolute Gasteiger partial charge is 0.257 e. The Morgan fingerprint density at radius 1 is 1.52 bits per heavy atom. The van der Waals surface area contributed by atoms with Crippen molar-refractivity contribution in [1.82, 2.24) is 19.6 Å². The van der Waals surface area contributed by atoms with Crippen molar-refractivity contribution in [2.24, 2.45) is 0 Å². The number of likely N-dealkylation sites (N-methyl/N-ethyl adjacent to an activating group) is 1. The topological polar surface area (TPSA) is 61.6 Å². The molecule has 6 heteroatoms. The molecule has 0 unspecified atom stereocenters. The summed E-state index contributed by atoms with van der Waals surface area (Å²) in [6, 6.07) is 0.205. The van der Waals surface area contributed by atoms with Crippen molar-refractivity contribution in [3.8, 4) is 0 Å². The molecule has 1 amide bonds. The molecule has 1 aromatic rings. The van der Waals surface area contributed by atoms with Crippen LogP contribution in [0.2, 0.25) is 0 Å². The van der Waals surface area contributed by atoms with E-state index in [-0.39, 0.29) is 18.6 Å². The van der Waals surface area contributed by atoms with Crippen LogP contribution in [-0.4, -0.2) is 69.9 Å². The van der Waals surface area contributed by atoms with Crippen LogP contribution in [0.4, 0.5) is 0 Å². The summed E-state index contributed by atoms with van der Waals surface area (Å²) in [6.07, 6.45) is 3.64. The summed E-state index contributed by atoms with van der Waals surface area (Å²) >= 11 is 0. The Kier molecular flexibility index (Phi) is 5.00. The first kappa shape index (κ1) is 16.0. The quantitative estimate of drug-likeness (QED) is 0.870. The summed E-state index contributed by atoms with van der Waals surface area (Å²) in [5, 5.41) is 14.0. The number of amides is 1. The molecule has 0 bridgehead atoms. The minimum atomic E-state index is -0.0983. The van der Waals surface area contributed by atoms with E-state index in [0.29, 0.717) is 18.2 Å². The molecule has 2 atom stereocenters. The van der Waals surface area contributed by atoms with Gasteiger partial charge < -0.3 is 14.9 Å². The van der Waals surface area contributed by atoms with Crippen LogP contribution < -0.4 is 0 Å². The third kappa shape index (κ3) is 3.27. The third-order valence-corrected chi connectivity index (χ3v) is 4.22. The fourth-order valence-electron chi connectivity index (χ4n) is 2.91. The molecule has 6 nitrogen and oxygen atoms in total. The van der Waals surface area contributed by atoms with E-state index in [9.17, 15) is 9.90 Å². The molecule has 1 N–H and O–H groups in total. The van der Waals surface area contributed by atoms with E-state index in [1.165, 1.54) is 0 Å². The number of rotatable bonds is 5. The Morgan fingerprint density at radius 2 is 2.24 bits per heavy atom. The molecule has 0 aromatic carbocycles. The van der Waals surface area contributed by atoms with Gasteiger partial charge in [-0.1, -0.05) is 6.92 Å². The molecule has 1 aliphatic rings. The summed E-state index contributed by atoms with van der Waals surface area (Å²) in [7, 11) is 4.02. The zero-order valence-corrected chi connectivity index (χ0v) is 13.4. The fourth-order valence-corrected chi connectivity index (χ4v) is 2.91. The second kappa shape index (κ2) is 6.58. The van der Waals surface area contributed by atoms with E-state index in [1.54, 1.807) is 4.90 Å². The predicted octanol–water partition coefficient (Wildman–Crippen LogP) is 0.739. The average Bonchev–Trinajstić information content (AvgIpc) is 3.02. The molecule has 2 heterocycles. The highest BCUT2D eigenvalue weighted by Crippen LogP contribution is 2.23. The zero-order valence-electron chi connectivity index (χ0n) is 13.4. The Morgan fingerprint density at radius 3 is 2.81 bits per heavy atom. The molecular formula is C15H26N4O2. The SMILES string of the molecule is CCCn1cc(C(=O)N2C[C@H](N(C)C)C[C@H]2CO)c(C)n1. The maximum absolute atomic E-state index is 12.8. The maximum Gasteiger partial charge on any atom is 0.257 e. The standard InChI is InChI=1S/C15H26N4O2/c1-5-6-18-9-14(11(2)16-18)15(21)19-8-12(17(3)4)7-13(19)10-20/h9,12-13,20H,5-8,10H2,1-4H3/t12-,13+/m1/s1. The minimum absolute atomic E-state index is 0.0121. The summed E-state index contributed by atoms with van der Waals surface area (Å²) in [4.78, 5) is 16.7. The molecule has 0 spiro atoms. The van der Waals surface area contributed by atoms with Crippen molar-refractivity contribution >= 4 is 5.91 Å². The number of aliphatic hydroxyl groups excluding tert-OH is 1. The molecule has 1 aromatic heterocycles. The van der Waals surface area contributed by atoms with Gasteiger partial charge in [0.05, 0.1) is 23.9 Å². The lowest BCUT2D eigenvalue weighted by Gasteiger charge is -2.23. The van der Waals surface area contributed by atoms with E-state index in [0.717, 1.165) is 25.1 Å². The van der Waals surface area contributed by atoms with Gasteiger partial charge in [-0.3, -0.25) is 9.48 Å². The lowest BCUT2D eigenvalue weighted by atomic mass is 10.1. The van der Waals surface area contributed by atoms with E-state index in [1.807, 2.05) is 31.9 Å². The van der Waals surface area contributed by atoms with Gasteiger partial charge in [0.1, 0.15) is 0 Å². The van der Waals surface area contributed by atoms with Gasteiger partial charge in [-0.05, 0) is 33.9 Å². The van der Waals surface area contributed by atoms with Crippen LogP contribution in [0.5, 0.6) is 0 Å². The molecule has 1 aliphatic heterocycles. The van der Waals surface area contributed by atoms with Gasteiger partial charge in [-0.15, -0.1) is 0 Å². The van der Waals surface area contributed by atoms with Gasteiger partial charge in [0.15, 0.2) is 0 Å². The Labute approximate surface area is 126 Å². The predicted molar refractivity (Wildman–Crippen MR) is 81.3 cm³/mol. The van der Waals surface area contributed by atoms with Crippen molar-refractivity contribution in [2.45, 2.75) is 45.3 Å². The van der Waals surface area contributed by atoms with E-state index in [4.69, 9.17) is 0 Å². The summed E-state index contributed by atoms with van der Waals surface area (Å²) in [6.45, 7) is 5.45. The lowest BCUT2D eigenvalue weighted by Crippen LogP contribution is -2.39. The number of likely N-dealkylation sites (tertiary alicyclic amines) is 1. The van der Waals surface area contributed by atoms with E-state index >= 15 is 0 Å². The van der Waals surface area contributed by atoms with Crippen LogP contribution in [0.25, 0.3) is 0 Å². The van der Waals surface area contributed by atoms with Gasteiger partial charge in [-0.25, -0.2) is 0 Å². The number of aliphatic hydroxyl groups is 1. The van der Waals surface area contributed by atoms with Gasteiger partial charge in [-0.2, -0.15) is 5.10 Å². The second-order valence-corrected chi connectivity index (χ2v) is 6.04. The van der Waals surface area contributed by atoms with Gasteiger partial charge in [0.2, 0.25) is 0 Å². The minimum Gasteiger partial charge on any atom is -0.394 e. The van der Waals surface area contributed by atoms with Gasteiger partial charge >= 0.3 is 0 Å². The number of nitrogens with zero attached hydrogens (tertiary/aromatic N) is 4. The third-order valence-electron chi connectivity index (χ3n) is 4.22. The molecule has 2 rings (SSSR count). The maximum atomic E-state index is 12.8. The number of carbonyl (C=O) groups excluding carboxylic acids is 1. The highest BCUT2D eigenvalue weighted by Gasteiger charge is 2.36. The van der Waals surface area contributed by atoms with E-state index < -0.39 is 0 Å². The van der Waals surface area contributed by atoms with Gasteiger partial charge in [0, 0.05) is 25.3 Å².